The topological polar surface area (TPSA) is 29.3 Å². The normalized spacial score (nSPS) is 19.1. The number of piperidine rings is 1. The van der Waals surface area contributed by atoms with E-state index in [9.17, 15) is 13.2 Å². The highest BCUT2D eigenvalue weighted by molar-refractivity contribution is 5.85. The lowest BCUT2D eigenvalue weighted by molar-refractivity contribution is -0.138. The molecule has 120 valence electrons. The molecule has 2 rings (SSSR count). The standard InChI is InChI=1S/C15H21F3N2.ClH/c1-11(19)12-6-8-20(9-7-12)10-13-4-2-3-5-14(13)15(16,17)18;/h2-5,11-12H,6-10,19H2,1H3;1H. The molecule has 2 N–H and O–H groups in total. The molecule has 0 radical (unpaired) electrons. The molecule has 0 saturated carbocycles. The molecule has 2 nitrogen and oxygen atoms in total. The van der Waals surface area contributed by atoms with Crippen molar-refractivity contribution >= 4 is 12.4 Å². The lowest BCUT2D eigenvalue weighted by atomic mass is 9.90. The van der Waals surface area contributed by atoms with E-state index in [0.717, 1.165) is 32.0 Å². The third-order valence-corrected chi connectivity index (χ3v) is 4.09. The maximum Gasteiger partial charge on any atom is 0.416 e. The molecule has 1 unspecified atom stereocenters. The molecular weight excluding hydrogens is 301 g/mol. The van der Waals surface area contributed by atoms with Crippen LogP contribution in [0.2, 0.25) is 0 Å². The van der Waals surface area contributed by atoms with Gasteiger partial charge in [-0.3, -0.25) is 4.90 Å². The maximum atomic E-state index is 12.9. The average Bonchev–Trinajstić information content (AvgIpc) is 2.38. The molecule has 1 aromatic carbocycles. The van der Waals surface area contributed by atoms with Gasteiger partial charge in [-0.15, -0.1) is 12.4 Å². The second kappa shape index (κ2) is 7.47. The summed E-state index contributed by atoms with van der Waals surface area (Å²) in [5.74, 6) is 0.490. The van der Waals surface area contributed by atoms with Gasteiger partial charge in [-0.1, -0.05) is 18.2 Å². The van der Waals surface area contributed by atoms with Crippen LogP contribution in [0.25, 0.3) is 0 Å². The van der Waals surface area contributed by atoms with E-state index in [1.165, 1.54) is 6.07 Å². The number of likely N-dealkylation sites (tertiary alicyclic amines) is 1. The molecule has 1 aliphatic rings. The summed E-state index contributed by atoms with van der Waals surface area (Å²) in [6, 6.07) is 6.00. The van der Waals surface area contributed by atoms with Crippen molar-refractivity contribution in [2.24, 2.45) is 11.7 Å². The van der Waals surface area contributed by atoms with Crippen LogP contribution in [0, 0.1) is 5.92 Å². The van der Waals surface area contributed by atoms with Crippen molar-refractivity contribution in [2.75, 3.05) is 13.1 Å². The fourth-order valence-electron chi connectivity index (χ4n) is 2.81. The SMILES string of the molecule is CC(N)C1CCN(Cc2ccccc2C(F)(F)F)CC1.Cl. The number of halogens is 4. The van der Waals surface area contributed by atoms with Crippen LogP contribution in [-0.4, -0.2) is 24.0 Å². The molecule has 1 saturated heterocycles. The van der Waals surface area contributed by atoms with Gasteiger partial charge >= 0.3 is 6.18 Å². The Morgan fingerprint density at radius 3 is 2.33 bits per heavy atom. The van der Waals surface area contributed by atoms with Gasteiger partial charge in [0.25, 0.3) is 0 Å². The molecule has 0 spiro atoms. The molecule has 21 heavy (non-hydrogen) atoms. The highest BCUT2D eigenvalue weighted by Gasteiger charge is 2.33. The van der Waals surface area contributed by atoms with Gasteiger partial charge < -0.3 is 5.73 Å². The van der Waals surface area contributed by atoms with Gasteiger partial charge in [0.05, 0.1) is 5.56 Å². The van der Waals surface area contributed by atoms with E-state index in [0.29, 0.717) is 18.0 Å². The fourth-order valence-corrected chi connectivity index (χ4v) is 2.81. The molecule has 1 atom stereocenters. The van der Waals surface area contributed by atoms with Gasteiger partial charge in [-0.2, -0.15) is 13.2 Å². The van der Waals surface area contributed by atoms with Crippen molar-refractivity contribution in [1.82, 2.24) is 4.90 Å². The average molecular weight is 323 g/mol. The monoisotopic (exact) mass is 322 g/mol. The molecule has 0 aliphatic carbocycles. The Kier molecular flexibility index (Phi) is 6.50. The third-order valence-electron chi connectivity index (χ3n) is 4.09. The molecule has 0 bridgehead atoms. The summed E-state index contributed by atoms with van der Waals surface area (Å²) in [4.78, 5) is 2.09. The second-order valence-corrected chi connectivity index (χ2v) is 5.63. The molecule has 6 heteroatoms. The lowest BCUT2D eigenvalue weighted by Gasteiger charge is -2.34. The van der Waals surface area contributed by atoms with Crippen LogP contribution in [0.3, 0.4) is 0 Å². The largest absolute Gasteiger partial charge is 0.416 e. The smallest absolute Gasteiger partial charge is 0.328 e. The summed E-state index contributed by atoms with van der Waals surface area (Å²) in [5, 5.41) is 0. The van der Waals surface area contributed by atoms with Crippen LogP contribution in [0.1, 0.15) is 30.9 Å². The molecular formula is C15H22ClF3N2. The van der Waals surface area contributed by atoms with E-state index in [4.69, 9.17) is 5.73 Å². The first-order valence-corrected chi connectivity index (χ1v) is 7.01. The summed E-state index contributed by atoms with van der Waals surface area (Å²) in [7, 11) is 0. The van der Waals surface area contributed by atoms with Crippen LogP contribution >= 0.6 is 12.4 Å². The third kappa shape index (κ3) is 4.87. The number of benzene rings is 1. The summed E-state index contributed by atoms with van der Waals surface area (Å²) in [6.45, 7) is 4.00. The predicted octanol–water partition coefficient (Wildman–Crippen LogP) is 3.69. The first-order chi connectivity index (χ1) is 9.38. The summed E-state index contributed by atoms with van der Waals surface area (Å²) >= 11 is 0. The number of hydrogen-bond acceptors (Lipinski definition) is 2. The van der Waals surface area contributed by atoms with Crippen molar-refractivity contribution in [3.8, 4) is 0 Å². The first kappa shape index (κ1) is 18.3. The highest BCUT2D eigenvalue weighted by atomic mass is 35.5. The van der Waals surface area contributed by atoms with Gasteiger partial charge in [0.2, 0.25) is 0 Å². The van der Waals surface area contributed by atoms with Crippen molar-refractivity contribution in [3.05, 3.63) is 35.4 Å². The Labute approximate surface area is 129 Å². The van der Waals surface area contributed by atoms with Crippen LogP contribution < -0.4 is 5.73 Å². The summed E-state index contributed by atoms with van der Waals surface area (Å²) in [6.07, 6.45) is -2.35. The molecule has 1 fully saturated rings. The van der Waals surface area contributed by atoms with E-state index in [1.54, 1.807) is 12.1 Å². The van der Waals surface area contributed by atoms with Gasteiger partial charge in [0.1, 0.15) is 0 Å². The van der Waals surface area contributed by atoms with Gasteiger partial charge in [0, 0.05) is 12.6 Å². The number of nitrogens with zero attached hydrogens (tertiary/aromatic N) is 1. The highest BCUT2D eigenvalue weighted by Crippen LogP contribution is 2.33. The predicted molar refractivity (Wildman–Crippen MR) is 80.3 cm³/mol. The minimum atomic E-state index is -4.28. The number of hydrogen-bond donors (Lipinski definition) is 1. The van der Waals surface area contributed by atoms with E-state index in [2.05, 4.69) is 4.90 Å². The molecule has 0 aromatic heterocycles. The lowest BCUT2D eigenvalue weighted by Crippen LogP contribution is -2.39. The van der Waals surface area contributed by atoms with Crippen LogP contribution in [0.5, 0.6) is 0 Å². The van der Waals surface area contributed by atoms with Crippen LogP contribution in [0.15, 0.2) is 24.3 Å². The minimum Gasteiger partial charge on any atom is -0.328 e. The molecule has 1 heterocycles. The summed E-state index contributed by atoms with van der Waals surface area (Å²) < 4.78 is 38.8. The van der Waals surface area contributed by atoms with Crippen molar-refractivity contribution < 1.29 is 13.2 Å². The van der Waals surface area contributed by atoms with Gasteiger partial charge in [-0.05, 0) is 50.4 Å². The Hall–Kier alpha value is -0.780. The first-order valence-electron chi connectivity index (χ1n) is 7.01. The van der Waals surface area contributed by atoms with Crippen molar-refractivity contribution in [2.45, 2.75) is 38.5 Å². The second-order valence-electron chi connectivity index (χ2n) is 5.63. The number of alkyl halides is 3. The fraction of sp³-hybridized carbons (Fsp3) is 0.600. The zero-order chi connectivity index (χ0) is 14.8. The number of nitrogens with two attached hydrogens (primary N) is 1. The Balaban J connectivity index is 0.00000220. The van der Waals surface area contributed by atoms with E-state index in [-0.39, 0.29) is 18.4 Å². The molecule has 1 aliphatic heterocycles. The van der Waals surface area contributed by atoms with Gasteiger partial charge in [0.15, 0.2) is 0 Å². The Morgan fingerprint density at radius 2 is 1.81 bits per heavy atom. The number of rotatable bonds is 3. The quantitative estimate of drug-likeness (QED) is 0.919. The van der Waals surface area contributed by atoms with Crippen molar-refractivity contribution in [3.63, 3.8) is 0 Å². The zero-order valence-electron chi connectivity index (χ0n) is 12.1. The molecule has 1 aromatic rings. The minimum absolute atomic E-state index is 0. The van der Waals surface area contributed by atoms with E-state index >= 15 is 0 Å². The summed E-state index contributed by atoms with van der Waals surface area (Å²) in [5.41, 5.74) is 5.72. The maximum absolute atomic E-state index is 12.9. The van der Waals surface area contributed by atoms with Crippen LogP contribution in [0.4, 0.5) is 13.2 Å². The van der Waals surface area contributed by atoms with E-state index < -0.39 is 11.7 Å². The van der Waals surface area contributed by atoms with Crippen molar-refractivity contribution in [1.29, 1.82) is 0 Å². The molecule has 0 amide bonds. The Morgan fingerprint density at radius 1 is 1.24 bits per heavy atom. The van der Waals surface area contributed by atoms with Crippen LogP contribution in [-0.2, 0) is 12.7 Å². The van der Waals surface area contributed by atoms with Gasteiger partial charge in [-0.25, -0.2) is 0 Å². The van der Waals surface area contributed by atoms with E-state index in [1.807, 2.05) is 6.92 Å². The Bertz CT molecular complexity index is 441. The zero-order valence-corrected chi connectivity index (χ0v) is 12.9.